The molecule has 1 aliphatic heterocycles. The Bertz CT molecular complexity index is 771. The smallest absolute Gasteiger partial charge is 0.245 e. The summed E-state index contributed by atoms with van der Waals surface area (Å²) in [7, 11) is 1.74. The molecule has 0 spiro atoms. The Kier molecular flexibility index (Phi) is 4.21. The first-order chi connectivity index (χ1) is 10.6. The standard InChI is InChI=1S/C17H14Cl2N2O/c1-20-16-9-12(11-4-2-3-5-14(11)19)13-8-10(18)6-7-15(13)21-17(16)22/h2-9,16,20H,1H3,(H,21,22). The van der Waals surface area contributed by atoms with E-state index in [9.17, 15) is 4.79 Å². The molecule has 2 aromatic rings. The van der Waals surface area contributed by atoms with Crippen LogP contribution in [0.1, 0.15) is 11.1 Å². The quantitative estimate of drug-likeness (QED) is 0.873. The molecule has 1 amide bonds. The zero-order valence-electron chi connectivity index (χ0n) is 11.9. The maximum Gasteiger partial charge on any atom is 0.245 e. The minimum absolute atomic E-state index is 0.117. The van der Waals surface area contributed by atoms with Gasteiger partial charge in [0.1, 0.15) is 6.04 Å². The fourth-order valence-electron chi connectivity index (χ4n) is 2.52. The van der Waals surface area contributed by atoms with Gasteiger partial charge in [-0.3, -0.25) is 4.79 Å². The molecule has 3 rings (SSSR count). The first-order valence-electron chi connectivity index (χ1n) is 6.85. The monoisotopic (exact) mass is 332 g/mol. The number of likely N-dealkylation sites (N-methyl/N-ethyl adjacent to an activating group) is 1. The number of hydrogen-bond donors (Lipinski definition) is 2. The molecule has 0 saturated heterocycles. The van der Waals surface area contributed by atoms with Crippen LogP contribution in [0.2, 0.25) is 10.0 Å². The minimum atomic E-state index is -0.447. The molecule has 2 N–H and O–H groups in total. The van der Waals surface area contributed by atoms with Crippen LogP contribution in [0.3, 0.4) is 0 Å². The second-order valence-corrected chi connectivity index (χ2v) is 5.85. The molecular formula is C17H14Cl2N2O. The maximum atomic E-state index is 12.3. The molecule has 5 heteroatoms. The van der Waals surface area contributed by atoms with Gasteiger partial charge in [-0.05, 0) is 43.0 Å². The summed E-state index contributed by atoms with van der Waals surface area (Å²) in [5, 5.41) is 7.15. The van der Waals surface area contributed by atoms with Gasteiger partial charge in [-0.25, -0.2) is 0 Å². The molecule has 112 valence electrons. The molecule has 0 radical (unpaired) electrons. The highest BCUT2D eigenvalue weighted by Crippen LogP contribution is 2.36. The van der Waals surface area contributed by atoms with E-state index in [2.05, 4.69) is 10.6 Å². The molecule has 0 bridgehead atoms. The Morgan fingerprint density at radius 3 is 2.59 bits per heavy atom. The number of hydrogen-bond acceptors (Lipinski definition) is 2. The van der Waals surface area contributed by atoms with Crippen LogP contribution in [0, 0.1) is 0 Å². The molecule has 22 heavy (non-hydrogen) atoms. The summed E-state index contributed by atoms with van der Waals surface area (Å²) in [5.41, 5.74) is 3.32. The summed E-state index contributed by atoms with van der Waals surface area (Å²) in [4.78, 5) is 12.3. The van der Waals surface area contributed by atoms with E-state index in [1.165, 1.54) is 0 Å². The van der Waals surface area contributed by atoms with Crippen molar-refractivity contribution in [1.29, 1.82) is 0 Å². The number of fused-ring (bicyclic) bond motifs is 1. The lowest BCUT2D eigenvalue weighted by Crippen LogP contribution is -2.36. The van der Waals surface area contributed by atoms with Gasteiger partial charge in [0.2, 0.25) is 5.91 Å². The number of halogens is 2. The lowest BCUT2D eigenvalue weighted by molar-refractivity contribution is -0.116. The van der Waals surface area contributed by atoms with Crippen LogP contribution in [0.25, 0.3) is 5.57 Å². The Morgan fingerprint density at radius 1 is 1.09 bits per heavy atom. The molecule has 0 aromatic heterocycles. The average molecular weight is 333 g/mol. The fourth-order valence-corrected chi connectivity index (χ4v) is 2.93. The third-order valence-electron chi connectivity index (χ3n) is 3.62. The summed E-state index contributed by atoms with van der Waals surface area (Å²) in [5.74, 6) is -0.117. The number of nitrogens with one attached hydrogen (secondary N) is 2. The summed E-state index contributed by atoms with van der Waals surface area (Å²) < 4.78 is 0. The Balaban J connectivity index is 2.26. The molecule has 2 aromatic carbocycles. The molecule has 0 aliphatic carbocycles. The molecule has 0 fully saturated rings. The first-order valence-corrected chi connectivity index (χ1v) is 7.60. The molecule has 1 unspecified atom stereocenters. The highest BCUT2D eigenvalue weighted by atomic mass is 35.5. The van der Waals surface area contributed by atoms with Gasteiger partial charge in [0.05, 0.1) is 0 Å². The molecule has 1 atom stereocenters. The van der Waals surface area contributed by atoms with Gasteiger partial charge >= 0.3 is 0 Å². The van der Waals surface area contributed by atoms with Crippen molar-refractivity contribution < 1.29 is 4.79 Å². The summed E-state index contributed by atoms with van der Waals surface area (Å²) in [6.07, 6.45) is 1.87. The highest BCUT2D eigenvalue weighted by molar-refractivity contribution is 6.33. The number of anilines is 1. The van der Waals surface area contributed by atoms with E-state index < -0.39 is 6.04 Å². The molecule has 3 nitrogen and oxygen atoms in total. The summed E-state index contributed by atoms with van der Waals surface area (Å²) in [6.45, 7) is 0. The van der Waals surface area contributed by atoms with Crippen LogP contribution >= 0.6 is 23.2 Å². The van der Waals surface area contributed by atoms with Crippen LogP contribution in [-0.4, -0.2) is 19.0 Å². The van der Waals surface area contributed by atoms with Crippen LogP contribution in [0.5, 0.6) is 0 Å². The first kappa shape index (κ1) is 15.1. The van der Waals surface area contributed by atoms with Crippen LogP contribution < -0.4 is 10.6 Å². The second-order valence-electron chi connectivity index (χ2n) is 5.01. The fraction of sp³-hybridized carbons (Fsp3) is 0.118. The lowest BCUT2D eigenvalue weighted by atomic mass is 9.95. The molecule has 1 heterocycles. The van der Waals surface area contributed by atoms with Crippen molar-refractivity contribution in [3.8, 4) is 0 Å². The number of carbonyl (C=O) groups excluding carboxylic acids is 1. The van der Waals surface area contributed by atoms with Gasteiger partial charge in [-0.15, -0.1) is 0 Å². The zero-order chi connectivity index (χ0) is 15.7. The van der Waals surface area contributed by atoms with Crippen molar-refractivity contribution in [2.24, 2.45) is 0 Å². The van der Waals surface area contributed by atoms with Crippen molar-refractivity contribution in [3.05, 3.63) is 69.7 Å². The van der Waals surface area contributed by atoms with Crippen molar-refractivity contribution in [1.82, 2.24) is 5.32 Å². The van der Waals surface area contributed by atoms with Crippen LogP contribution in [0.4, 0.5) is 5.69 Å². The normalized spacial score (nSPS) is 17.3. The van der Waals surface area contributed by atoms with Crippen LogP contribution in [0.15, 0.2) is 48.5 Å². The molecule has 1 aliphatic rings. The molecular weight excluding hydrogens is 319 g/mol. The Morgan fingerprint density at radius 2 is 1.86 bits per heavy atom. The van der Waals surface area contributed by atoms with E-state index in [0.717, 1.165) is 22.4 Å². The van der Waals surface area contributed by atoms with Crippen LogP contribution in [-0.2, 0) is 4.79 Å². The number of carbonyl (C=O) groups is 1. The average Bonchev–Trinajstić information content (AvgIpc) is 2.64. The van der Waals surface area contributed by atoms with Crippen molar-refractivity contribution in [3.63, 3.8) is 0 Å². The molecule has 0 saturated carbocycles. The van der Waals surface area contributed by atoms with Gasteiger partial charge in [0.15, 0.2) is 0 Å². The van der Waals surface area contributed by atoms with Gasteiger partial charge in [-0.1, -0.05) is 41.4 Å². The van der Waals surface area contributed by atoms with Gasteiger partial charge in [0.25, 0.3) is 0 Å². The summed E-state index contributed by atoms with van der Waals surface area (Å²) >= 11 is 12.5. The second kappa shape index (κ2) is 6.13. The van der Waals surface area contributed by atoms with E-state index in [-0.39, 0.29) is 5.91 Å². The zero-order valence-corrected chi connectivity index (χ0v) is 13.4. The SMILES string of the molecule is CNC1C=C(c2ccccc2Cl)c2cc(Cl)ccc2NC1=O. The van der Waals surface area contributed by atoms with E-state index in [1.807, 2.05) is 36.4 Å². The maximum absolute atomic E-state index is 12.3. The third kappa shape index (κ3) is 2.75. The number of benzene rings is 2. The van der Waals surface area contributed by atoms with Crippen molar-refractivity contribution >= 4 is 40.4 Å². The van der Waals surface area contributed by atoms with Gasteiger partial charge < -0.3 is 10.6 Å². The minimum Gasteiger partial charge on any atom is -0.324 e. The van der Waals surface area contributed by atoms with Crippen molar-refractivity contribution in [2.75, 3.05) is 12.4 Å². The third-order valence-corrected chi connectivity index (χ3v) is 4.19. The summed E-state index contributed by atoms with van der Waals surface area (Å²) in [6, 6.07) is 12.5. The van der Waals surface area contributed by atoms with E-state index >= 15 is 0 Å². The Hall–Kier alpha value is -1.81. The van der Waals surface area contributed by atoms with Gasteiger partial charge in [-0.2, -0.15) is 0 Å². The van der Waals surface area contributed by atoms with E-state index in [1.54, 1.807) is 19.2 Å². The predicted molar refractivity (Wildman–Crippen MR) is 91.5 cm³/mol. The topological polar surface area (TPSA) is 41.1 Å². The largest absolute Gasteiger partial charge is 0.324 e. The predicted octanol–water partition coefficient (Wildman–Crippen LogP) is 3.97. The Labute approximate surface area is 138 Å². The van der Waals surface area contributed by atoms with Gasteiger partial charge in [0, 0.05) is 26.9 Å². The number of amides is 1. The van der Waals surface area contributed by atoms with E-state index in [4.69, 9.17) is 23.2 Å². The van der Waals surface area contributed by atoms with E-state index in [0.29, 0.717) is 10.0 Å². The highest BCUT2D eigenvalue weighted by Gasteiger charge is 2.24. The van der Waals surface area contributed by atoms with Crippen molar-refractivity contribution in [2.45, 2.75) is 6.04 Å². The number of rotatable bonds is 2. The lowest BCUT2D eigenvalue weighted by Gasteiger charge is -2.13.